The Morgan fingerprint density at radius 1 is 1.00 bits per heavy atom. The molecule has 0 unspecified atom stereocenters. The lowest BCUT2D eigenvalue weighted by molar-refractivity contribution is -0.0384. The summed E-state index contributed by atoms with van der Waals surface area (Å²) >= 11 is 0. The van der Waals surface area contributed by atoms with Gasteiger partial charge in [0.2, 0.25) is 5.92 Å². The first kappa shape index (κ1) is 24.2. The maximum atomic E-state index is 13.7. The molecular formula is C22H37BF2N2O2. The molecule has 0 radical (unpaired) electrons. The van der Waals surface area contributed by atoms with Crippen LogP contribution in [-0.4, -0.2) is 34.2 Å². The normalized spacial score (nSPS) is 23.5. The van der Waals surface area contributed by atoms with Gasteiger partial charge in [0.15, 0.2) is 0 Å². The molecule has 1 aliphatic heterocycles. The predicted octanol–water partition coefficient (Wildman–Crippen LogP) is 5.39. The minimum atomic E-state index is -2.57. The Kier molecular flexibility index (Phi) is 6.86. The van der Waals surface area contributed by atoms with Gasteiger partial charge in [-0.2, -0.15) is 0 Å². The lowest BCUT2D eigenvalue weighted by Gasteiger charge is -2.32. The first-order valence-electron chi connectivity index (χ1n) is 10.8. The molecule has 0 aromatic carbocycles. The van der Waals surface area contributed by atoms with Crippen LogP contribution in [0.25, 0.3) is 0 Å². The highest BCUT2D eigenvalue weighted by Crippen LogP contribution is 2.41. The third-order valence-electron chi connectivity index (χ3n) is 6.13. The molecule has 4 nitrogen and oxygen atoms in total. The van der Waals surface area contributed by atoms with E-state index in [0.717, 1.165) is 17.0 Å². The Balaban J connectivity index is 0.00000145. The van der Waals surface area contributed by atoms with Crippen LogP contribution in [0.3, 0.4) is 0 Å². The molecule has 2 heterocycles. The van der Waals surface area contributed by atoms with E-state index in [1.54, 1.807) is 6.20 Å². The molecule has 2 fully saturated rings. The predicted molar refractivity (Wildman–Crippen MR) is 114 cm³/mol. The van der Waals surface area contributed by atoms with E-state index < -0.39 is 24.2 Å². The fourth-order valence-corrected chi connectivity index (χ4v) is 3.56. The third-order valence-corrected chi connectivity index (χ3v) is 6.13. The van der Waals surface area contributed by atoms with E-state index in [9.17, 15) is 8.78 Å². The van der Waals surface area contributed by atoms with Crippen LogP contribution in [-0.2, 0) is 14.7 Å². The van der Waals surface area contributed by atoms with Gasteiger partial charge in [-0.3, -0.25) is 0 Å². The van der Waals surface area contributed by atoms with Crippen molar-refractivity contribution in [2.24, 2.45) is 0 Å². The van der Waals surface area contributed by atoms with E-state index in [2.05, 4.69) is 25.8 Å². The summed E-state index contributed by atoms with van der Waals surface area (Å²) in [6.45, 7) is 18.1. The number of rotatable bonds is 2. The molecule has 1 aromatic rings. The van der Waals surface area contributed by atoms with Crippen LogP contribution in [0.5, 0.6) is 0 Å². The van der Waals surface area contributed by atoms with Crippen LogP contribution in [0, 0.1) is 0 Å². The van der Waals surface area contributed by atoms with Crippen LogP contribution in [0.15, 0.2) is 6.20 Å². The fourth-order valence-electron chi connectivity index (χ4n) is 3.56. The maximum absolute atomic E-state index is 13.7. The monoisotopic (exact) mass is 410 g/mol. The van der Waals surface area contributed by atoms with Crippen LogP contribution >= 0.6 is 0 Å². The van der Waals surface area contributed by atoms with Crippen LogP contribution in [0.2, 0.25) is 0 Å². The van der Waals surface area contributed by atoms with E-state index >= 15 is 0 Å². The zero-order valence-electron chi connectivity index (χ0n) is 19.5. The first-order valence-corrected chi connectivity index (χ1v) is 10.8. The van der Waals surface area contributed by atoms with Gasteiger partial charge in [-0.05, 0) is 40.5 Å². The number of hydrogen-bond donors (Lipinski definition) is 0. The lowest BCUT2D eigenvalue weighted by Crippen LogP contribution is -2.41. The number of nitrogens with zero attached hydrogens (tertiary/aromatic N) is 2. The van der Waals surface area contributed by atoms with Crippen molar-refractivity contribution in [2.75, 3.05) is 0 Å². The van der Waals surface area contributed by atoms with Crippen LogP contribution in [0.4, 0.5) is 8.78 Å². The number of halogens is 2. The summed E-state index contributed by atoms with van der Waals surface area (Å²) in [7, 11) is -0.582. The number of aromatic nitrogens is 2. The molecule has 1 saturated heterocycles. The van der Waals surface area contributed by atoms with Gasteiger partial charge in [0.25, 0.3) is 0 Å². The number of hydrogen-bond acceptors (Lipinski definition) is 4. The van der Waals surface area contributed by atoms with Crippen LogP contribution < -0.4 is 5.46 Å². The second kappa shape index (κ2) is 8.22. The van der Waals surface area contributed by atoms with Gasteiger partial charge in [0.05, 0.1) is 11.2 Å². The second-order valence-corrected chi connectivity index (χ2v) is 10.0. The fraction of sp³-hybridized carbons (Fsp3) is 0.818. The van der Waals surface area contributed by atoms with Crippen molar-refractivity contribution in [3.63, 3.8) is 0 Å². The molecule has 1 aromatic heterocycles. The highest BCUT2D eigenvalue weighted by Gasteiger charge is 2.53. The molecule has 0 N–H and O–H groups in total. The van der Waals surface area contributed by atoms with Crippen molar-refractivity contribution < 1.29 is 18.1 Å². The second-order valence-electron chi connectivity index (χ2n) is 10.0. The van der Waals surface area contributed by atoms with Crippen molar-refractivity contribution in [3.05, 3.63) is 17.7 Å². The largest absolute Gasteiger partial charge is 0.498 e. The zero-order chi connectivity index (χ0) is 22.3. The van der Waals surface area contributed by atoms with Gasteiger partial charge in [-0.25, -0.2) is 18.7 Å². The van der Waals surface area contributed by atoms with E-state index in [1.807, 2.05) is 41.5 Å². The Morgan fingerprint density at radius 3 is 1.93 bits per heavy atom. The quantitative estimate of drug-likeness (QED) is 0.613. The van der Waals surface area contributed by atoms with Gasteiger partial charge in [0, 0.05) is 41.5 Å². The summed E-state index contributed by atoms with van der Waals surface area (Å²) in [6, 6.07) is 0. The number of alkyl halides is 2. The Bertz CT molecular complexity index is 691. The van der Waals surface area contributed by atoms with Crippen molar-refractivity contribution in [1.82, 2.24) is 9.97 Å². The van der Waals surface area contributed by atoms with Gasteiger partial charge in [-0.1, -0.05) is 34.6 Å². The Morgan fingerprint density at radius 2 is 1.48 bits per heavy atom. The van der Waals surface area contributed by atoms with Crippen molar-refractivity contribution >= 4 is 12.6 Å². The summed E-state index contributed by atoms with van der Waals surface area (Å²) < 4.78 is 39.8. The van der Waals surface area contributed by atoms with Crippen molar-refractivity contribution in [3.8, 4) is 0 Å². The molecule has 0 bridgehead atoms. The highest BCUT2D eigenvalue weighted by molar-refractivity contribution is 6.62. The molecule has 2 aliphatic rings. The molecule has 29 heavy (non-hydrogen) atoms. The zero-order valence-corrected chi connectivity index (χ0v) is 19.5. The van der Waals surface area contributed by atoms with Gasteiger partial charge in [0.1, 0.15) is 5.82 Å². The molecular weight excluding hydrogens is 373 g/mol. The molecule has 0 spiro atoms. The van der Waals surface area contributed by atoms with E-state index in [-0.39, 0.29) is 24.2 Å². The molecule has 1 aliphatic carbocycles. The van der Waals surface area contributed by atoms with Crippen molar-refractivity contribution in [2.45, 2.75) is 116 Å². The molecule has 0 amide bonds. The molecule has 164 valence electrons. The Labute approximate surface area is 175 Å². The third kappa shape index (κ3) is 5.16. The minimum absolute atomic E-state index is 0.0252. The molecule has 3 rings (SSSR count). The average Bonchev–Trinajstić information content (AvgIpc) is 2.83. The molecule has 7 heteroatoms. The SMILES string of the molecule is CC.CC(C)(C)c1ncc(B2OC(C)(C)C(C)(C)O2)c(C2CCC(F)(F)CC2)n1. The smallest absolute Gasteiger partial charge is 0.399 e. The van der Waals surface area contributed by atoms with E-state index in [1.165, 1.54) is 0 Å². The van der Waals surface area contributed by atoms with Gasteiger partial charge < -0.3 is 9.31 Å². The van der Waals surface area contributed by atoms with Crippen molar-refractivity contribution in [1.29, 1.82) is 0 Å². The van der Waals surface area contributed by atoms with Gasteiger partial charge in [-0.15, -0.1) is 0 Å². The Hall–Kier alpha value is -1.08. The topological polar surface area (TPSA) is 44.2 Å². The molecule has 1 saturated carbocycles. The average molecular weight is 410 g/mol. The first-order chi connectivity index (χ1) is 13.2. The summed E-state index contributed by atoms with van der Waals surface area (Å²) in [4.78, 5) is 9.39. The molecule has 0 atom stereocenters. The summed E-state index contributed by atoms with van der Waals surface area (Å²) in [6.07, 6.45) is 2.41. The lowest BCUT2D eigenvalue weighted by atomic mass is 9.73. The summed E-state index contributed by atoms with van der Waals surface area (Å²) in [5.74, 6) is -1.88. The standard InChI is InChI=1S/C20H31BF2N2O2.C2H6/c1-17(2,3)16-24-12-14(21-26-18(4,5)19(6,7)27-21)15(25-16)13-8-10-20(22,23)11-9-13;1-2/h12-13H,8-11H2,1-7H3;1-2H3. The van der Waals surface area contributed by atoms with E-state index in [0.29, 0.717) is 12.8 Å². The maximum Gasteiger partial charge on any atom is 0.498 e. The highest BCUT2D eigenvalue weighted by atomic mass is 19.3. The van der Waals surface area contributed by atoms with Crippen LogP contribution in [0.1, 0.15) is 105 Å². The van der Waals surface area contributed by atoms with Gasteiger partial charge >= 0.3 is 7.12 Å². The summed E-state index contributed by atoms with van der Waals surface area (Å²) in [5.41, 5.74) is 0.414. The summed E-state index contributed by atoms with van der Waals surface area (Å²) in [5, 5.41) is 0. The van der Waals surface area contributed by atoms with E-state index in [4.69, 9.17) is 14.3 Å². The minimum Gasteiger partial charge on any atom is -0.399 e.